The molecule has 3 nitrogen and oxygen atoms in total. The molecule has 13 rings (SSSR count). The largest absolute Gasteiger partial charge is 0.456 e. The van der Waals surface area contributed by atoms with Crippen LogP contribution in [0.25, 0.3) is 88.0 Å². The molecule has 2 aromatic heterocycles. The molecule has 9 aromatic carbocycles. The van der Waals surface area contributed by atoms with Crippen LogP contribution in [0.15, 0.2) is 185 Å². The monoisotopic (exact) mass is 783 g/mol. The summed E-state index contributed by atoms with van der Waals surface area (Å²) in [6.07, 6.45) is 0. The Morgan fingerprint density at radius 2 is 0.803 bits per heavy atom. The van der Waals surface area contributed by atoms with E-state index in [2.05, 4.69) is 196 Å². The third-order valence-corrected chi connectivity index (χ3v) is 14.1. The maximum Gasteiger partial charge on any atom is 0.136 e. The molecule has 2 aliphatic carbocycles. The van der Waals surface area contributed by atoms with Crippen LogP contribution in [0.4, 0.5) is 17.1 Å². The predicted molar refractivity (Wildman–Crippen MR) is 254 cm³/mol. The maximum absolute atomic E-state index is 6.86. The van der Waals surface area contributed by atoms with Crippen molar-refractivity contribution in [3.05, 3.63) is 198 Å². The molecule has 3 heteroatoms. The Balaban J connectivity index is 1.04. The highest BCUT2D eigenvalue weighted by atomic mass is 16.3. The van der Waals surface area contributed by atoms with Crippen LogP contribution in [0.2, 0.25) is 0 Å². The first kappa shape index (κ1) is 34.5. The Hall–Kier alpha value is -7.36. The van der Waals surface area contributed by atoms with E-state index in [9.17, 15) is 0 Å². The van der Waals surface area contributed by atoms with Crippen molar-refractivity contribution in [2.75, 3.05) is 4.90 Å². The molecule has 0 saturated carbocycles. The molecule has 0 atom stereocenters. The second kappa shape index (κ2) is 12.1. The minimum absolute atomic E-state index is 0.135. The molecule has 0 unspecified atom stereocenters. The molecule has 0 bridgehead atoms. The zero-order chi connectivity index (χ0) is 40.8. The SMILES string of the molecule is CC1(C)c2ccccc2-c2ccc(N(c3ccc4c(c3)C(C)(C)c3ccccc3-4)c3ccc4oc5cc(-c6cccc7oc8ccccc8c67)c6ccccc6c5c4c3)cc21. The summed E-state index contributed by atoms with van der Waals surface area (Å²) >= 11 is 0. The molecule has 0 fully saturated rings. The van der Waals surface area contributed by atoms with Crippen molar-refractivity contribution in [3.8, 4) is 33.4 Å². The van der Waals surface area contributed by atoms with Crippen LogP contribution in [0, 0.1) is 0 Å². The molecule has 0 amide bonds. The number of nitrogens with zero attached hydrogens (tertiary/aromatic N) is 1. The normalized spacial score (nSPS) is 14.5. The first-order chi connectivity index (χ1) is 29.8. The van der Waals surface area contributed by atoms with Crippen LogP contribution in [-0.4, -0.2) is 0 Å². The Labute approximate surface area is 354 Å². The highest BCUT2D eigenvalue weighted by molar-refractivity contribution is 6.24. The average molecular weight is 784 g/mol. The summed E-state index contributed by atoms with van der Waals surface area (Å²) < 4.78 is 13.2. The summed E-state index contributed by atoms with van der Waals surface area (Å²) in [4.78, 5) is 2.46. The molecule has 61 heavy (non-hydrogen) atoms. The average Bonchev–Trinajstić information content (AvgIpc) is 3.99. The standard InChI is InChI=1S/C58H41NO2/c1-57(2)47-20-10-7-15-38(47)40-27-24-35(31-49(40)57)59(36-25-28-41-39-16-8-11-21-48(39)58(3,4)50(41)32-36)34-26-29-52-46(30-34)56-42-17-6-5-14-37(42)45(33-54(56)61-52)43-19-13-23-53-55(43)44-18-9-12-22-51(44)60-53/h5-33H,1-4H3. The van der Waals surface area contributed by atoms with Crippen LogP contribution in [0.1, 0.15) is 49.9 Å². The number of anilines is 3. The van der Waals surface area contributed by atoms with E-state index < -0.39 is 0 Å². The molecule has 2 aliphatic rings. The minimum atomic E-state index is -0.135. The number of fused-ring (bicyclic) bond motifs is 14. The second-order valence-electron chi connectivity index (χ2n) is 18.0. The van der Waals surface area contributed by atoms with E-state index in [-0.39, 0.29) is 10.8 Å². The van der Waals surface area contributed by atoms with Gasteiger partial charge in [-0.2, -0.15) is 0 Å². The van der Waals surface area contributed by atoms with Gasteiger partial charge in [-0.25, -0.2) is 0 Å². The van der Waals surface area contributed by atoms with Crippen LogP contribution in [0.3, 0.4) is 0 Å². The van der Waals surface area contributed by atoms with Gasteiger partial charge in [0, 0.05) is 49.4 Å². The van der Waals surface area contributed by atoms with Crippen molar-refractivity contribution in [2.45, 2.75) is 38.5 Å². The van der Waals surface area contributed by atoms with Gasteiger partial charge in [0.25, 0.3) is 0 Å². The Morgan fingerprint density at radius 1 is 0.311 bits per heavy atom. The molecule has 0 spiro atoms. The van der Waals surface area contributed by atoms with Gasteiger partial charge in [-0.3, -0.25) is 0 Å². The lowest BCUT2D eigenvalue weighted by Gasteiger charge is -2.29. The Bertz CT molecular complexity index is 3560. The number of benzene rings is 9. The summed E-state index contributed by atoms with van der Waals surface area (Å²) in [6, 6.07) is 64.4. The molecule has 11 aromatic rings. The summed E-state index contributed by atoms with van der Waals surface area (Å²) in [7, 11) is 0. The zero-order valence-corrected chi connectivity index (χ0v) is 34.5. The van der Waals surface area contributed by atoms with Gasteiger partial charge in [0.15, 0.2) is 0 Å². The number of hydrogen-bond donors (Lipinski definition) is 0. The van der Waals surface area contributed by atoms with Crippen molar-refractivity contribution in [3.63, 3.8) is 0 Å². The smallest absolute Gasteiger partial charge is 0.136 e. The fourth-order valence-corrected chi connectivity index (χ4v) is 11.1. The number of hydrogen-bond acceptors (Lipinski definition) is 3. The third-order valence-electron chi connectivity index (χ3n) is 14.1. The van der Waals surface area contributed by atoms with Gasteiger partial charge in [0.1, 0.15) is 22.3 Å². The van der Waals surface area contributed by atoms with Crippen LogP contribution >= 0.6 is 0 Å². The quantitative estimate of drug-likeness (QED) is 0.178. The van der Waals surface area contributed by atoms with E-state index in [4.69, 9.17) is 8.83 Å². The maximum atomic E-state index is 6.86. The topological polar surface area (TPSA) is 29.5 Å². The third kappa shape index (κ3) is 4.69. The highest BCUT2D eigenvalue weighted by Crippen LogP contribution is 2.54. The molecule has 0 radical (unpaired) electrons. The van der Waals surface area contributed by atoms with E-state index in [0.717, 1.165) is 77.5 Å². The molecule has 0 N–H and O–H groups in total. The van der Waals surface area contributed by atoms with E-state index in [1.807, 2.05) is 12.1 Å². The molecular formula is C58H41NO2. The van der Waals surface area contributed by atoms with E-state index in [1.54, 1.807) is 0 Å². The minimum Gasteiger partial charge on any atom is -0.456 e. The lowest BCUT2D eigenvalue weighted by molar-refractivity contribution is 0.660. The van der Waals surface area contributed by atoms with Crippen LogP contribution in [-0.2, 0) is 10.8 Å². The van der Waals surface area contributed by atoms with Gasteiger partial charge in [-0.15, -0.1) is 0 Å². The first-order valence-corrected chi connectivity index (χ1v) is 21.3. The van der Waals surface area contributed by atoms with E-state index >= 15 is 0 Å². The van der Waals surface area contributed by atoms with Crippen molar-refractivity contribution in [1.82, 2.24) is 0 Å². The van der Waals surface area contributed by atoms with Crippen molar-refractivity contribution in [2.24, 2.45) is 0 Å². The number of rotatable bonds is 4. The summed E-state index contributed by atoms with van der Waals surface area (Å²) in [5, 5.41) is 6.79. The lowest BCUT2D eigenvalue weighted by atomic mass is 9.82. The van der Waals surface area contributed by atoms with Crippen molar-refractivity contribution in [1.29, 1.82) is 0 Å². The fraction of sp³-hybridized carbons (Fsp3) is 0.103. The second-order valence-corrected chi connectivity index (χ2v) is 18.0. The van der Waals surface area contributed by atoms with Gasteiger partial charge in [-0.05, 0) is 127 Å². The van der Waals surface area contributed by atoms with Crippen molar-refractivity contribution < 1.29 is 8.83 Å². The van der Waals surface area contributed by atoms with Gasteiger partial charge in [-0.1, -0.05) is 143 Å². The molecule has 0 aliphatic heterocycles. The van der Waals surface area contributed by atoms with Crippen LogP contribution < -0.4 is 4.90 Å². The fourth-order valence-electron chi connectivity index (χ4n) is 11.1. The number of furan rings is 2. The van der Waals surface area contributed by atoms with E-state index in [0.29, 0.717) is 0 Å². The number of para-hydroxylation sites is 1. The van der Waals surface area contributed by atoms with E-state index in [1.165, 1.54) is 49.9 Å². The predicted octanol–water partition coefficient (Wildman–Crippen LogP) is 16.4. The zero-order valence-electron chi connectivity index (χ0n) is 34.5. The summed E-state index contributed by atoms with van der Waals surface area (Å²) in [5.74, 6) is 0. The van der Waals surface area contributed by atoms with Crippen LogP contribution in [0.5, 0.6) is 0 Å². The summed E-state index contributed by atoms with van der Waals surface area (Å²) in [5.41, 5.74) is 19.6. The van der Waals surface area contributed by atoms with Gasteiger partial charge >= 0.3 is 0 Å². The molecule has 290 valence electrons. The van der Waals surface area contributed by atoms with Crippen molar-refractivity contribution >= 4 is 71.7 Å². The van der Waals surface area contributed by atoms with Gasteiger partial charge < -0.3 is 13.7 Å². The Morgan fingerprint density at radius 3 is 1.49 bits per heavy atom. The summed E-state index contributed by atoms with van der Waals surface area (Å²) in [6.45, 7) is 9.44. The Kier molecular flexibility index (Phi) is 6.85. The molecule has 0 saturated heterocycles. The first-order valence-electron chi connectivity index (χ1n) is 21.3. The van der Waals surface area contributed by atoms with Gasteiger partial charge in [0.2, 0.25) is 0 Å². The molecular weight excluding hydrogens is 743 g/mol. The molecule has 2 heterocycles. The highest BCUT2D eigenvalue weighted by Gasteiger charge is 2.38. The van der Waals surface area contributed by atoms with Gasteiger partial charge in [0.05, 0.1) is 0 Å². The lowest BCUT2D eigenvalue weighted by Crippen LogP contribution is -2.18.